The van der Waals surface area contributed by atoms with Crippen molar-refractivity contribution in [3.8, 4) is 0 Å². The van der Waals surface area contributed by atoms with Crippen LogP contribution in [-0.4, -0.2) is 20.1 Å². The van der Waals surface area contributed by atoms with E-state index in [1.165, 1.54) is 12.7 Å². The van der Waals surface area contributed by atoms with Crippen LogP contribution in [0, 0.1) is 6.92 Å². The van der Waals surface area contributed by atoms with Gasteiger partial charge in [-0.2, -0.15) is 4.98 Å². The van der Waals surface area contributed by atoms with Crippen LogP contribution in [0.4, 0.5) is 5.82 Å². The lowest BCUT2D eigenvalue weighted by Crippen LogP contribution is -2.05. The molecular weight excluding hydrogens is 218 g/mol. The Morgan fingerprint density at radius 1 is 1.40 bits per heavy atom. The summed E-state index contributed by atoms with van der Waals surface area (Å²) in [5, 5.41) is 7.13. The summed E-state index contributed by atoms with van der Waals surface area (Å²) < 4.78 is 4.60. The van der Waals surface area contributed by atoms with E-state index in [4.69, 9.17) is 11.6 Å². The van der Waals surface area contributed by atoms with Crippen molar-refractivity contribution < 1.29 is 4.52 Å². The second-order valence-corrected chi connectivity index (χ2v) is 3.20. The fraction of sp³-hybridized carbons (Fsp3) is 0.250. The molecule has 0 aliphatic heterocycles. The van der Waals surface area contributed by atoms with Crippen molar-refractivity contribution in [1.29, 1.82) is 0 Å². The summed E-state index contributed by atoms with van der Waals surface area (Å²) in [6.45, 7) is 2.27. The minimum atomic E-state index is 0.431. The molecule has 0 saturated heterocycles. The van der Waals surface area contributed by atoms with E-state index in [2.05, 4.69) is 29.9 Å². The molecule has 0 unspecified atom stereocenters. The third kappa shape index (κ3) is 2.21. The Bertz CT molecular complexity index is 444. The Hall–Kier alpha value is -1.69. The zero-order valence-electron chi connectivity index (χ0n) is 7.94. The summed E-state index contributed by atoms with van der Waals surface area (Å²) in [6.07, 6.45) is 2.67. The summed E-state index contributed by atoms with van der Waals surface area (Å²) in [5.41, 5.74) is 0.794. The molecule has 0 aromatic carbocycles. The summed E-state index contributed by atoms with van der Waals surface area (Å²) in [6, 6.07) is 0. The molecule has 0 fully saturated rings. The molecule has 15 heavy (non-hydrogen) atoms. The Balaban J connectivity index is 2.08. The van der Waals surface area contributed by atoms with Crippen LogP contribution in [-0.2, 0) is 6.54 Å². The second-order valence-electron chi connectivity index (χ2n) is 2.84. The number of anilines is 1. The first-order valence-corrected chi connectivity index (χ1v) is 4.61. The molecule has 2 heterocycles. The van der Waals surface area contributed by atoms with Crippen LogP contribution < -0.4 is 5.32 Å². The number of nitrogens with zero attached hydrogens (tertiary/aromatic N) is 4. The molecule has 0 radical (unpaired) electrons. The summed E-state index contributed by atoms with van der Waals surface area (Å²) >= 11 is 5.83. The van der Waals surface area contributed by atoms with Crippen LogP contribution in [0.1, 0.15) is 11.4 Å². The molecule has 2 rings (SSSR count). The van der Waals surface area contributed by atoms with Crippen molar-refractivity contribution in [3.05, 3.63) is 29.3 Å². The van der Waals surface area contributed by atoms with Crippen LogP contribution >= 0.6 is 11.6 Å². The van der Waals surface area contributed by atoms with E-state index in [1.807, 2.05) is 6.92 Å². The number of hydrogen-bond acceptors (Lipinski definition) is 6. The van der Waals surface area contributed by atoms with Gasteiger partial charge in [-0.25, -0.2) is 9.97 Å². The Morgan fingerprint density at radius 3 is 3.00 bits per heavy atom. The second kappa shape index (κ2) is 4.22. The standard InChI is InChI=1S/C8H8ClN5O/c1-5-7(9)11-3-12-8(5)10-2-6-13-4-15-14-6/h3-4H,2H2,1H3,(H,10,11,12). The average Bonchev–Trinajstić information content (AvgIpc) is 2.73. The van der Waals surface area contributed by atoms with E-state index in [9.17, 15) is 0 Å². The van der Waals surface area contributed by atoms with Gasteiger partial charge in [0.15, 0.2) is 5.82 Å². The maximum Gasteiger partial charge on any atom is 0.213 e. The molecule has 0 aliphatic rings. The van der Waals surface area contributed by atoms with Gasteiger partial charge >= 0.3 is 0 Å². The lowest BCUT2D eigenvalue weighted by atomic mass is 10.3. The van der Waals surface area contributed by atoms with Crippen LogP contribution in [0.5, 0.6) is 0 Å². The fourth-order valence-corrected chi connectivity index (χ4v) is 1.17. The lowest BCUT2D eigenvalue weighted by molar-refractivity contribution is 0.411. The van der Waals surface area contributed by atoms with Gasteiger partial charge in [0.25, 0.3) is 0 Å². The van der Waals surface area contributed by atoms with Gasteiger partial charge in [0.2, 0.25) is 6.39 Å². The van der Waals surface area contributed by atoms with Gasteiger partial charge in [0.05, 0.1) is 6.54 Å². The molecule has 0 saturated carbocycles. The Kier molecular flexibility index (Phi) is 2.77. The minimum absolute atomic E-state index is 0.431. The monoisotopic (exact) mass is 225 g/mol. The zero-order chi connectivity index (χ0) is 10.7. The van der Waals surface area contributed by atoms with Gasteiger partial charge in [-0.1, -0.05) is 16.8 Å². The molecule has 0 spiro atoms. The minimum Gasteiger partial charge on any atom is -0.362 e. The summed E-state index contributed by atoms with van der Waals surface area (Å²) in [7, 11) is 0. The van der Waals surface area contributed by atoms with Gasteiger partial charge in [-0.05, 0) is 6.92 Å². The smallest absolute Gasteiger partial charge is 0.213 e. The van der Waals surface area contributed by atoms with Gasteiger partial charge in [-0.15, -0.1) is 0 Å². The number of nitrogens with one attached hydrogen (secondary N) is 1. The van der Waals surface area contributed by atoms with Gasteiger partial charge in [-0.3, -0.25) is 0 Å². The van der Waals surface area contributed by atoms with Gasteiger partial charge in [0, 0.05) is 5.56 Å². The Labute approximate surface area is 90.7 Å². The Morgan fingerprint density at radius 2 is 2.27 bits per heavy atom. The van der Waals surface area contributed by atoms with Crippen molar-refractivity contribution in [1.82, 2.24) is 20.1 Å². The molecule has 7 heteroatoms. The quantitative estimate of drug-likeness (QED) is 0.797. The van der Waals surface area contributed by atoms with Crippen molar-refractivity contribution in [2.45, 2.75) is 13.5 Å². The van der Waals surface area contributed by atoms with E-state index >= 15 is 0 Å². The van der Waals surface area contributed by atoms with E-state index in [0.29, 0.717) is 23.3 Å². The van der Waals surface area contributed by atoms with Gasteiger partial charge in [0.1, 0.15) is 17.3 Å². The van der Waals surface area contributed by atoms with E-state index in [0.717, 1.165) is 5.56 Å². The summed E-state index contributed by atoms with van der Waals surface area (Å²) in [4.78, 5) is 11.8. The molecule has 6 nitrogen and oxygen atoms in total. The van der Waals surface area contributed by atoms with Crippen LogP contribution in [0.25, 0.3) is 0 Å². The molecule has 0 aliphatic carbocycles. The first kappa shape index (κ1) is 9.85. The first-order chi connectivity index (χ1) is 7.27. The van der Waals surface area contributed by atoms with Crippen LogP contribution in [0.15, 0.2) is 17.2 Å². The number of halogens is 1. The van der Waals surface area contributed by atoms with Crippen molar-refractivity contribution in [2.24, 2.45) is 0 Å². The number of hydrogen-bond donors (Lipinski definition) is 1. The molecule has 2 aromatic rings. The van der Waals surface area contributed by atoms with E-state index in [1.54, 1.807) is 0 Å². The predicted octanol–water partition coefficient (Wildman–Crippen LogP) is 1.43. The van der Waals surface area contributed by atoms with Gasteiger partial charge < -0.3 is 9.84 Å². The largest absolute Gasteiger partial charge is 0.362 e. The zero-order valence-corrected chi connectivity index (χ0v) is 8.69. The third-order valence-corrected chi connectivity index (χ3v) is 2.22. The van der Waals surface area contributed by atoms with E-state index < -0.39 is 0 Å². The highest BCUT2D eigenvalue weighted by Gasteiger charge is 2.05. The topological polar surface area (TPSA) is 76.7 Å². The highest BCUT2D eigenvalue weighted by molar-refractivity contribution is 6.30. The predicted molar refractivity (Wildman–Crippen MR) is 53.4 cm³/mol. The normalized spacial score (nSPS) is 10.3. The fourth-order valence-electron chi connectivity index (χ4n) is 1.04. The number of aromatic nitrogens is 4. The average molecular weight is 226 g/mol. The molecule has 0 amide bonds. The first-order valence-electron chi connectivity index (χ1n) is 4.23. The van der Waals surface area contributed by atoms with E-state index in [-0.39, 0.29) is 0 Å². The molecule has 0 bridgehead atoms. The number of rotatable bonds is 3. The molecule has 2 aromatic heterocycles. The summed E-state index contributed by atoms with van der Waals surface area (Å²) in [5.74, 6) is 1.23. The van der Waals surface area contributed by atoms with Crippen molar-refractivity contribution in [2.75, 3.05) is 5.32 Å². The molecule has 1 N–H and O–H groups in total. The molecule has 78 valence electrons. The van der Waals surface area contributed by atoms with Crippen LogP contribution in [0.2, 0.25) is 5.15 Å². The van der Waals surface area contributed by atoms with Crippen molar-refractivity contribution in [3.63, 3.8) is 0 Å². The maximum absolute atomic E-state index is 5.83. The molecule has 0 atom stereocenters. The SMILES string of the molecule is Cc1c(Cl)ncnc1NCc1ncon1. The third-order valence-electron chi connectivity index (χ3n) is 1.84. The highest BCUT2D eigenvalue weighted by atomic mass is 35.5. The highest BCUT2D eigenvalue weighted by Crippen LogP contribution is 2.17. The van der Waals surface area contributed by atoms with Crippen LogP contribution in [0.3, 0.4) is 0 Å². The molecular formula is C8H8ClN5O. The maximum atomic E-state index is 5.83. The van der Waals surface area contributed by atoms with Crippen molar-refractivity contribution >= 4 is 17.4 Å². The lowest BCUT2D eigenvalue weighted by Gasteiger charge is -2.05.